The van der Waals surface area contributed by atoms with Gasteiger partial charge in [-0.1, -0.05) is 85.8 Å². The number of likely N-dealkylation sites (N-methyl/N-ethyl adjacent to an activating group) is 1. The summed E-state index contributed by atoms with van der Waals surface area (Å²) in [5, 5.41) is 0. The van der Waals surface area contributed by atoms with Gasteiger partial charge >= 0.3 is 0 Å². The van der Waals surface area contributed by atoms with Crippen molar-refractivity contribution in [3.63, 3.8) is 0 Å². The molecule has 0 radical (unpaired) electrons. The second-order valence-electron chi connectivity index (χ2n) is 7.41. The van der Waals surface area contributed by atoms with Gasteiger partial charge in [-0.3, -0.25) is 0 Å². The minimum Gasteiger partial charge on any atom is -0.372 e. The summed E-state index contributed by atoms with van der Waals surface area (Å²) in [5.41, 5.74) is 6.57. The Morgan fingerprint density at radius 3 is 2.14 bits per heavy atom. The van der Waals surface area contributed by atoms with Crippen LogP contribution in [0.5, 0.6) is 0 Å². The van der Waals surface area contributed by atoms with Crippen molar-refractivity contribution in [2.24, 2.45) is 0 Å². The third-order valence-electron chi connectivity index (χ3n) is 5.06. The molecule has 0 aromatic heterocycles. The number of hydrogen-bond acceptors (Lipinski definition) is 2. The molecule has 146 valence electrons. The highest BCUT2D eigenvalue weighted by atomic mass is 16.5. The zero-order valence-corrected chi connectivity index (χ0v) is 17.3. The molecule has 2 aromatic carbocycles. The number of hydrogen-bond donors (Lipinski definition) is 0. The van der Waals surface area contributed by atoms with Crippen molar-refractivity contribution < 1.29 is 4.74 Å². The van der Waals surface area contributed by atoms with Gasteiger partial charge in [0.1, 0.15) is 0 Å². The van der Waals surface area contributed by atoms with Gasteiger partial charge in [-0.25, -0.2) is 0 Å². The molecule has 0 amide bonds. The summed E-state index contributed by atoms with van der Waals surface area (Å²) in [7, 11) is 4.15. The van der Waals surface area contributed by atoms with Crippen LogP contribution in [0.3, 0.4) is 0 Å². The van der Waals surface area contributed by atoms with E-state index in [0.717, 1.165) is 26.0 Å². The topological polar surface area (TPSA) is 12.5 Å². The summed E-state index contributed by atoms with van der Waals surface area (Å²) in [4.78, 5) is 2.15. The lowest BCUT2D eigenvalue weighted by molar-refractivity contribution is 0.0746. The number of benzene rings is 2. The Balaban J connectivity index is 1.91. The molecule has 1 unspecified atom stereocenters. The van der Waals surface area contributed by atoms with Gasteiger partial charge in [-0.15, -0.1) is 0 Å². The van der Waals surface area contributed by atoms with Gasteiger partial charge in [0.05, 0.1) is 12.7 Å². The van der Waals surface area contributed by atoms with Crippen LogP contribution in [0.4, 0.5) is 0 Å². The van der Waals surface area contributed by atoms with Crippen molar-refractivity contribution in [2.45, 2.75) is 25.9 Å². The molecule has 1 atom stereocenters. The molecular formula is C26H31NO. The van der Waals surface area contributed by atoms with E-state index >= 15 is 0 Å². The van der Waals surface area contributed by atoms with Crippen molar-refractivity contribution in [2.75, 3.05) is 27.2 Å². The molecule has 2 nitrogen and oxygen atoms in total. The first-order valence-electron chi connectivity index (χ1n) is 10.2. The fourth-order valence-electron chi connectivity index (χ4n) is 3.58. The molecule has 0 heterocycles. The van der Waals surface area contributed by atoms with E-state index in [2.05, 4.69) is 105 Å². The van der Waals surface area contributed by atoms with Crippen LogP contribution in [-0.2, 0) is 4.74 Å². The van der Waals surface area contributed by atoms with Crippen molar-refractivity contribution in [3.05, 3.63) is 95.6 Å². The number of ether oxygens (including phenoxy) is 1. The maximum atomic E-state index is 6.01. The molecule has 2 heteroatoms. The highest BCUT2D eigenvalue weighted by molar-refractivity contribution is 5.99. The lowest BCUT2D eigenvalue weighted by Gasteiger charge is -2.22. The fourth-order valence-corrected chi connectivity index (χ4v) is 3.58. The van der Waals surface area contributed by atoms with Gasteiger partial charge in [0.2, 0.25) is 0 Å². The average Bonchev–Trinajstić information content (AvgIpc) is 2.73. The lowest BCUT2D eigenvalue weighted by atomic mass is 9.86. The number of rotatable bonds is 8. The van der Waals surface area contributed by atoms with E-state index < -0.39 is 0 Å². The van der Waals surface area contributed by atoms with E-state index in [0.29, 0.717) is 0 Å². The van der Waals surface area contributed by atoms with Crippen LogP contribution in [0.1, 0.15) is 30.9 Å². The maximum absolute atomic E-state index is 6.01. The molecule has 0 bridgehead atoms. The largest absolute Gasteiger partial charge is 0.372 e. The Bertz CT molecular complexity index is 831. The molecule has 1 aliphatic rings. The second-order valence-corrected chi connectivity index (χ2v) is 7.41. The van der Waals surface area contributed by atoms with Crippen LogP contribution >= 0.6 is 0 Å². The summed E-state index contributed by atoms with van der Waals surface area (Å²) in [6.45, 7) is 3.95. The molecule has 1 aliphatic carbocycles. The van der Waals surface area contributed by atoms with Gasteiger partial charge < -0.3 is 9.64 Å². The Hall–Kier alpha value is -2.42. The smallest absolute Gasteiger partial charge is 0.0794 e. The van der Waals surface area contributed by atoms with E-state index in [1.165, 1.54) is 27.8 Å². The molecule has 0 saturated carbocycles. The number of nitrogens with zero attached hydrogens (tertiary/aromatic N) is 1. The predicted molar refractivity (Wildman–Crippen MR) is 120 cm³/mol. The summed E-state index contributed by atoms with van der Waals surface area (Å²) in [6.07, 6.45) is 8.87. The molecule has 28 heavy (non-hydrogen) atoms. The molecule has 0 fully saturated rings. The van der Waals surface area contributed by atoms with E-state index in [1.807, 2.05) is 0 Å². The second kappa shape index (κ2) is 10.2. The van der Waals surface area contributed by atoms with Crippen LogP contribution in [-0.4, -0.2) is 38.3 Å². The van der Waals surface area contributed by atoms with Crippen LogP contribution in [0.2, 0.25) is 0 Å². The van der Waals surface area contributed by atoms with Crippen LogP contribution in [0.15, 0.2) is 84.5 Å². The van der Waals surface area contributed by atoms with Crippen LogP contribution < -0.4 is 0 Å². The highest BCUT2D eigenvalue weighted by Gasteiger charge is 2.17. The highest BCUT2D eigenvalue weighted by Crippen LogP contribution is 2.36. The quantitative estimate of drug-likeness (QED) is 0.539. The minimum absolute atomic E-state index is 0.169. The lowest BCUT2D eigenvalue weighted by Crippen LogP contribution is -2.22. The minimum atomic E-state index is 0.169. The van der Waals surface area contributed by atoms with Crippen molar-refractivity contribution in [1.29, 1.82) is 0 Å². The van der Waals surface area contributed by atoms with Crippen LogP contribution in [0.25, 0.3) is 11.1 Å². The monoisotopic (exact) mass is 373 g/mol. The Morgan fingerprint density at radius 2 is 1.61 bits per heavy atom. The SMILES string of the molecule is CCC(=C(C1=CCC(OCCN(C)C)C=C1)c1ccccc1)c1ccccc1. The summed E-state index contributed by atoms with van der Waals surface area (Å²) in [6, 6.07) is 21.5. The zero-order valence-electron chi connectivity index (χ0n) is 17.3. The van der Waals surface area contributed by atoms with E-state index in [9.17, 15) is 0 Å². The van der Waals surface area contributed by atoms with Gasteiger partial charge in [0.15, 0.2) is 0 Å². The van der Waals surface area contributed by atoms with Crippen LogP contribution in [0, 0.1) is 0 Å². The normalized spacial score (nSPS) is 17.4. The maximum Gasteiger partial charge on any atom is 0.0794 e. The van der Waals surface area contributed by atoms with E-state index in [-0.39, 0.29) is 6.10 Å². The molecule has 0 aliphatic heterocycles. The fraction of sp³-hybridized carbons (Fsp3) is 0.308. The van der Waals surface area contributed by atoms with Crippen molar-refractivity contribution in [3.8, 4) is 0 Å². The summed E-state index contributed by atoms with van der Waals surface area (Å²) in [5.74, 6) is 0. The molecule has 0 saturated heterocycles. The van der Waals surface area contributed by atoms with Crippen molar-refractivity contribution in [1.82, 2.24) is 4.90 Å². The number of allylic oxidation sites excluding steroid dienone is 4. The first-order chi connectivity index (χ1) is 13.7. The Kier molecular flexibility index (Phi) is 7.41. The van der Waals surface area contributed by atoms with Gasteiger partial charge in [0.25, 0.3) is 0 Å². The Morgan fingerprint density at radius 1 is 0.964 bits per heavy atom. The molecular weight excluding hydrogens is 342 g/mol. The zero-order chi connectivity index (χ0) is 19.8. The third-order valence-corrected chi connectivity index (χ3v) is 5.06. The van der Waals surface area contributed by atoms with E-state index in [1.54, 1.807) is 0 Å². The first-order valence-corrected chi connectivity index (χ1v) is 10.2. The predicted octanol–water partition coefficient (Wildman–Crippen LogP) is 5.84. The Labute approximate surface area is 169 Å². The molecule has 0 spiro atoms. The average molecular weight is 374 g/mol. The summed E-state index contributed by atoms with van der Waals surface area (Å²) >= 11 is 0. The molecule has 2 aromatic rings. The third kappa shape index (κ3) is 5.31. The molecule has 0 N–H and O–H groups in total. The standard InChI is InChI=1S/C26H31NO/c1-4-25(21-11-7-5-8-12-21)26(22-13-9-6-10-14-22)23-15-17-24(18-16-23)28-20-19-27(2)3/h5-17,24H,4,18-20H2,1-3H3. The van der Waals surface area contributed by atoms with Gasteiger partial charge in [0, 0.05) is 6.54 Å². The van der Waals surface area contributed by atoms with E-state index in [4.69, 9.17) is 4.74 Å². The summed E-state index contributed by atoms with van der Waals surface area (Å²) < 4.78 is 6.01. The van der Waals surface area contributed by atoms with Crippen molar-refractivity contribution >= 4 is 11.1 Å². The van der Waals surface area contributed by atoms with Gasteiger partial charge in [-0.2, -0.15) is 0 Å². The molecule has 3 rings (SSSR count). The van der Waals surface area contributed by atoms with Gasteiger partial charge in [-0.05, 0) is 54.8 Å². The first kappa shape index (κ1) is 20.3.